The Morgan fingerprint density at radius 3 is 2.40 bits per heavy atom. The molecule has 0 aromatic heterocycles. The quantitative estimate of drug-likeness (QED) is 0.168. The van der Waals surface area contributed by atoms with Gasteiger partial charge in [-0.3, -0.25) is 4.79 Å². The molecule has 8 nitrogen and oxygen atoms in total. The normalized spacial score (nSPS) is 11.3. The van der Waals surface area contributed by atoms with Gasteiger partial charge in [-0.05, 0) is 77.6 Å². The second-order valence-corrected chi connectivity index (χ2v) is 9.95. The third-order valence-corrected chi connectivity index (χ3v) is 6.80. The summed E-state index contributed by atoms with van der Waals surface area (Å²) >= 11 is 1.91. The van der Waals surface area contributed by atoms with E-state index in [1.165, 1.54) is 38.5 Å². The van der Waals surface area contributed by atoms with Crippen molar-refractivity contribution in [1.82, 2.24) is 0 Å². The third kappa shape index (κ3) is 6.52. The Kier molecular flexibility index (Phi) is 8.37. The Labute approximate surface area is 217 Å². The van der Waals surface area contributed by atoms with E-state index in [9.17, 15) is 18.5 Å². The molecule has 35 heavy (non-hydrogen) atoms. The lowest BCUT2D eigenvalue weighted by Crippen LogP contribution is -2.13. The van der Waals surface area contributed by atoms with E-state index in [2.05, 4.69) is 5.32 Å². The second kappa shape index (κ2) is 11.2. The van der Waals surface area contributed by atoms with E-state index in [0.717, 1.165) is 5.56 Å². The number of amides is 1. The molecule has 0 fully saturated rings. The lowest BCUT2D eigenvalue weighted by Gasteiger charge is -2.14. The molecule has 3 aromatic carbocycles. The first-order valence-corrected chi connectivity index (χ1v) is 12.6. The molecule has 3 rings (SSSR count). The van der Waals surface area contributed by atoms with Crippen LogP contribution >= 0.6 is 22.6 Å². The summed E-state index contributed by atoms with van der Waals surface area (Å²) in [6.07, 6.45) is 1.37. The zero-order chi connectivity index (χ0) is 25.6. The molecule has 1 N–H and O–H groups in total. The Morgan fingerprint density at radius 1 is 1.06 bits per heavy atom. The van der Waals surface area contributed by atoms with Crippen molar-refractivity contribution in [2.45, 2.75) is 11.8 Å². The van der Waals surface area contributed by atoms with Crippen LogP contribution in [0.15, 0.2) is 71.1 Å². The highest BCUT2D eigenvalue weighted by molar-refractivity contribution is 14.1. The number of aryl methyl sites for hydroxylation is 1. The first kappa shape index (κ1) is 26.1. The van der Waals surface area contributed by atoms with Gasteiger partial charge in [0.05, 0.1) is 17.8 Å². The van der Waals surface area contributed by atoms with Crippen molar-refractivity contribution in [2.24, 2.45) is 0 Å². The molecule has 0 radical (unpaired) electrons. The minimum absolute atomic E-state index is 0.00478. The van der Waals surface area contributed by atoms with Crippen LogP contribution < -0.4 is 19.0 Å². The number of carbonyl (C=O) groups is 1. The van der Waals surface area contributed by atoms with E-state index in [1.807, 2.05) is 35.6 Å². The molecule has 0 spiro atoms. The molecule has 10 heteroatoms. The Balaban J connectivity index is 1.90. The van der Waals surface area contributed by atoms with E-state index in [-0.39, 0.29) is 22.0 Å². The molecule has 1 amide bonds. The number of hydrogen-bond donors (Lipinski definition) is 1. The van der Waals surface area contributed by atoms with E-state index in [0.29, 0.717) is 20.6 Å². The first-order chi connectivity index (χ1) is 16.7. The highest BCUT2D eigenvalue weighted by Gasteiger charge is 2.22. The highest BCUT2D eigenvalue weighted by Crippen LogP contribution is 2.36. The Hall–Kier alpha value is -3.56. The first-order valence-electron chi connectivity index (χ1n) is 10.1. The van der Waals surface area contributed by atoms with E-state index >= 15 is 0 Å². The third-order valence-electron chi connectivity index (χ3n) is 4.76. The molecule has 0 aliphatic carbocycles. The summed E-state index contributed by atoms with van der Waals surface area (Å²) in [5.41, 5.74) is 1.67. The minimum Gasteiger partial charge on any atom is -0.497 e. The SMILES string of the molecule is COc1cccc(NC(=O)/C(C#N)=C/c2cc(I)c(OS(=O)(=O)c3ccc(C)cc3)c(OC)c2)c1. The van der Waals surface area contributed by atoms with Gasteiger partial charge in [-0.25, -0.2) is 0 Å². The van der Waals surface area contributed by atoms with Crippen LogP contribution in [0, 0.1) is 21.8 Å². The van der Waals surface area contributed by atoms with E-state index < -0.39 is 16.0 Å². The van der Waals surface area contributed by atoms with Gasteiger partial charge in [-0.15, -0.1) is 0 Å². The van der Waals surface area contributed by atoms with Gasteiger partial charge < -0.3 is 19.0 Å². The summed E-state index contributed by atoms with van der Waals surface area (Å²) in [5, 5.41) is 12.2. The number of nitrogens with zero attached hydrogens (tertiary/aromatic N) is 1. The number of carbonyl (C=O) groups excluding carboxylic acids is 1. The summed E-state index contributed by atoms with van der Waals surface area (Å²) in [5.74, 6) is 0.0762. The van der Waals surface area contributed by atoms with Crippen LogP contribution in [0.3, 0.4) is 0 Å². The van der Waals surface area contributed by atoms with Gasteiger partial charge in [-0.1, -0.05) is 23.8 Å². The number of methoxy groups -OCH3 is 2. The van der Waals surface area contributed by atoms with Gasteiger partial charge in [0.25, 0.3) is 5.91 Å². The van der Waals surface area contributed by atoms with Crippen LogP contribution in [0.25, 0.3) is 6.08 Å². The van der Waals surface area contributed by atoms with Crippen molar-refractivity contribution in [3.63, 3.8) is 0 Å². The van der Waals surface area contributed by atoms with Gasteiger partial charge in [0.1, 0.15) is 22.3 Å². The van der Waals surface area contributed by atoms with Crippen LogP contribution in [-0.2, 0) is 14.9 Å². The van der Waals surface area contributed by atoms with Crippen molar-refractivity contribution in [2.75, 3.05) is 19.5 Å². The van der Waals surface area contributed by atoms with Crippen LogP contribution in [0.5, 0.6) is 17.2 Å². The molecule has 0 saturated carbocycles. The molecule has 0 saturated heterocycles. The topological polar surface area (TPSA) is 115 Å². The van der Waals surface area contributed by atoms with Gasteiger partial charge in [0, 0.05) is 11.8 Å². The minimum atomic E-state index is -4.11. The average molecular weight is 604 g/mol. The monoisotopic (exact) mass is 604 g/mol. The standard InChI is InChI=1S/C25H21IN2O6S/c1-16-7-9-21(10-8-16)35(30,31)34-24-22(26)12-17(13-23(24)33-3)11-18(15-27)25(29)28-19-5-4-6-20(14-19)32-2/h4-14H,1-3H3,(H,28,29)/b18-11+. The lowest BCUT2D eigenvalue weighted by atomic mass is 10.1. The largest absolute Gasteiger partial charge is 0.497 e. The fourth-order valence-corrected chi connectivity index (χ4v) is 4.82. The van der Waals surface area contributed by atoms with Crippen LogP contribution in [0.1, 0.15) is 11.1 Å². The van der Waals surface area contributed by atoms with Crippen molar-refractivity contribution >= 4 is 50.4 Å². The summed E-state index contributed by atoms with van der Waals surface area (Å²) in [6, 6.07) is 17.9. The number of benzene rings is 3. The van der Waals surface area contributed by atoms with Crippen molar-refractivity contribution < 1.29 is 26.9 Å². The molecule has 0 atom stereocenters. The van der Waals surface area contributed by atoms with E-state index in [4.69, 9.17) is 13.7 Å². The summed E-state index contributed by atoms with van der Waals surface area (Å²) < 4.78 is 41.8. The molecule has 0 unspecified atom stereocenters. The maximum atomic E-state index is 12.8. The maximum Gasteiger partial charge on any atom is 0.339 e. The Morgan fingerprint density at radius 2 is 1.77 bits per heavy atom. The van der Waals surface area contributed by atoms with Gasteiger partial charge in [0.2, 0.25) is 0 Å². The van der Waals surface area contributed by atoms with E-state index in [1.54, 1.807) is 42.5 Å². The number of rotatable bonds is 8. The average Bonchev–Trinajstić information content (AvgIpc) is 2.84. The number of nitrogens with one attached hydrogen (secondary N) is 1. The van der Waals surface area contributed by atoms with Gasteiger partial charge in [0.15, 0.2) is 11.5 Å². The second-order valence-electron chi connectivity index (χ2n) is 7.24. The number of halogens is 1. The zero-order valence-electron chi connectivity index (χ0n) is 19.0. The lowest BCUT2D eigenvalue weighted by molar-refractivity contribution is -0.112. The molecule has 0 aliphatic rings. The number of nitriles is 1. The van der Waals surface area contributed by atoms with Crippen LogP contribution in [-0.4, -0.2) is 28.5 Å². The summed E-state index contributed by atoms with van der Waals surface area (Å²) in [4.78, 5) is 12.6. The predicted octanol–water partition coefficient (Wildman–Crippen LogP) is 4.93. The molecular formula is C25H21IN2O6S. The number of ether oxygens (including phenoxy) is 2. The van der Waals surface area contributed by atoms with Crippen molar-refractivity contribution in [3.05, 3.63) is 80.9 Å². The molecule has 0 heterocycles. The maximum absolute atomic E-state index is 12.8. The molecular weight excluding hydrogens is 583 g/mol. The molecule has 0 aliphatic heterocycles. The zero-order valence-corrected chi connectivity index (χ0v) is 22.0. The molecule has 180 valence electrons. The number of anilines is 1. The fraction of sp³-hybridized carbons (Fsp3) is 0.120. The summed E-state index contributed by atoms with van der Waals surface area (Å²) in [7, 11) is -1.23. The van der Waals surface area contributed by atoms with Crippen molar-refractivity contribution in [3.8, 4) is 23.3 Å². The number of hydrogen-bond acceptors (Lipinski definition) is 7. The summed E-state index contributed by atoms with van der Waals surface area (Å²) in [6.45, 7) is 1.85. The smallest absolute Gasteiger partial charge is 0.339 e. The fourth-order valence-electron chi connectivity index (χ4n) is 2.98. The van der Waals surface area contributed by atoms with Gasteiger partial charge >= 0.3 is 10.1 Å². The Bertz CT molecular complexity index is 1430. The predicted molar refractivity (Wildman–Crippen MR) is 140 cm³/mol. The van der Waals surface area contributed by atoms with Crippen molar-refractivity contribution in [1.29, 1.82) is 5.26 Å². The molecule has 3 aromatic rings. The van der Waals surface area contributed by atoms with Crippen LogP contribution in [0.4, 0.5) is 5.69 Å². The van der Waals surface area contributed by atoms with Crippen LogP contribution in [0.2, 0.25) is 0 Å². The molecule has 0 bridgehead atoms. The highest BCUT2D eigenvalue weighted by atomic mass is 127. The van der Waals surface area contributed by atoms with Gasteiger partial charge in [-0.2, -0.15) is 13.7 Å².